The van der Waals surface area contributed by atoms with Crippen molar-refractivity contribution >= 4 is 28.4 Å². The van der Waals surface area contributed by atoms with Crippen molar-refractivity contribution in [2.45, 2.75) is 33.2 Å². The molecule has 1 heterocycles. The first-order valence-electron chi connectivity index (χ1n) is 8.25. The number of fused-ring (bicyclic) bond motifs is 1. The lowest BCUT2D eigenvalue weighted by Crippen LogP contribution is -2.29. The first-order valence-corrected chi connectivity index (χ1v) is 8.25. The van der Waals surface area contributed by atoms with E-state index in [1.807, 2.05) is 30.5 Å². The van der Waals surface area contributed by atoms with Crippen molar-refractivity contribution in [3.63, 3.8) is 0 Å². The second kappa shape index (κ2) is 6.44. The van der Waals surface area contributed by atoms with Gasteiger partial charge >= 0.3 is 0 Å². The van der Waals surface area contributed by atoms with Gasteiger partial charge in [0, 0.05) is 48.2 Å². The maximum Gasteiger partial charge on any atom is 0.226 e. The minimum atomic E-state index is -0.0802. The van der Waals surface area contributed by atoms with Crippen LogP contribution < -0.4 is 10.6 Å². The Morgan fingerprint density at radius 1 is 1.30 bits per heavy atom. The molecule has 1 aromatic carbocycles. The number of aryl methyl sites for hydroxylation is 1. The number of aromatic nitrogens is 1. The number of anilines is 1. The summed E-state index contributed by atoms with van der Waals surface area (Å²) in [6.45, 7) is 5.49. The van der Waals surface area contributed by atoms with Gasteiger partial charge in [0.05, 0.1) is 0 Å². The molecule has 2 atom stereocenters. The zero-order valence-electron chi connectivity index (χ0n) is 13.6. The largest absolute Gasteiger partial charge is 0.355 e. The van der Waals surface area contributed by atoms with Crippen LogP contribution in [0.3, 0.4) is 0 Å². The second-order valence-electron chi connectivity index (χ2n) is 6.28. The van der Waals surface area contributed by atoms with E-state index < -0.39 is 0 Å². The Balaban J connectivity index is 1.50. The maximum absolute atomic E-state index is 12.0. The van der Waals surface area contributed by atoms with Gasteiger partial charge in [0.15, 0.2) is 0 Å². The van der Waals surface area contributed by atoms with Crippen LogP contribution in [-0.4, -0.2) is 22.9 Å². The average molecular weight is 313 g/mol. The van der Waals surface area contributed by atoms with E-state index in [2.05, 4.69) is 29.0 Å². The molecule has 5 nitrogen and oxygen atoms in total. The highest BCUT2D eigenvalue weighted by Crippen LogP contribution is 2.37. The molecule has 5 heteroatoms. The summed E-state index contributed by atoms with van der Waals surface area (Å²) in [6.07, 6.45) is 3.31. The van der Waals surface area contributed by atoms with Crippen molar-refractivity contribution < 1.29 is 9.59 Å². The Labute approximate surface area is 136 Å². The Kier molecular flexibility index (Phi) is 4.37. The zero-order chi connectivity index (χ0) is 16.4. The number of nitrogens with zero attached hydrogens (tertiary/aromatic N) is 1. The quantitative estimate of drug-likeness (QED) is 0.861. The van der Waals surface area contributed by atoms with Gasteiger partial charge in [-0.2, -0.15) is 0 Å². The number of amides is 2. The molecule has 1 fully saturated rings. The van der Waals surface area contributed by atoms with Crippen LogP contribution in [-0.2, 0) is 16.1 Å². The van der Waals surface area contributed by atoms with Crippen LogP contribution in [0.2, 0.25) is 0 Å². The number of carbonyl (C=O) groups is 2. The number of carbonyl (C=O) groups excluding carboxylic acids is 2. The number of hydrogen-bond donors (Lipinski definition) is 2. The molecule has 1 saturated carbocycles. The van der Waals surface area contributed by atoms with Gasteiger partial charge in [-0.1, -0.05) is 6.92 Å². The summed E-state index contributed by atoms with van der Waals surface area (Å²) in [6, 6.07) is 7.96. The molecule has 1 aliphatic carbocycles. The minimum absolute atomic E-state index is 0.0765. The third kappa shape index (κ3) is 3.55. The van der Waals surface area contributed by atoms with Gasteiger partial charge in [-0.25, -0.2) is 0 Å². The SMILES string of the molecule is CCn1ccc2cc(NC(=O)CCNC(=O)[C@@H]3C[C@H]3C)ccc21. The molecule has 3 rings (SSSR count). The van der Waals surface area contributed by atoms with E-state index in [1.54, 1.807) is 0 Å². The molecule has 0 saturated heterocycles. The monoisotopic (exact) mass is 313 g/mol. The number of nitrogens with one attached hydrogen (secondary N) is 2. The van der Waals surface area contributed by atoms with E-state index in [9.17, 15) is 9.59 Å². The molecule has 0 radical (unpaired) electrons. The predicted molar refractivity (Wildman–Crippen MR) is 91.1 cm³/mol. The molecule has 2 N–H and O–H groups in total. The summed E-state index contributed by atoms with van der Waals surface area (Å²) in [5, 5.41) is 6.83. The van der Waals surface area contributed by atoms with Gasteiger partial charge in [-0.15, -0.1) is 0 Å². The molecule has 2 aromatic rings. The summed E-state index contributed by atoms with van der Waals surface area (Å²) in [5.41, 5.74) is 1.95. The van der Waals surface area contributed by atoms with Crippen LogP contribution in [0.15, 0.2) is 30.5 Å². The number of rotatable bonds is 6. The maximum atomic E-state index is 12.0. The van der Waals surface area contributed by atoms with Crippen molar-refractivity contribution in [2.75, 3.05) is 11.9 Å². The topological polar surface area (TPSA) is 63.1 Å². The molecule has 23 heavy (non-hydrogen) atoms. The summed E-state index contributed by atoms with van der Waals surface area (Å²) < 4.78 is 2.16. The minimum Gasteiger partial charge on any atom is -0.355 e. The molecule has 0 aliphatic heterocycles. The molecular weight excluding hydrogens is 290 g/mol. The Morgan fingerprint density at radius 3 is 2.78 bits per heavy atom. The van der Waals surface area contributed by atoms with Crippen LogP contribution >= 0.6 is 0 Å². The second-order valence-corrected chi connectivity index (χ2v) is 6.28. The first kappa shape index (κ1) is 15.6. The van der Waals surface area contributed by atoms with Crippen LogP contribution in [0.1, 0.15) is 26.7 Å². The molecule has 122 valence electrons. The van der Waals surface area contributed by atoms with Gasteiger partial charge in [-0.05, 0) is 43.5 Å². The van der Waals surface area contributed by atoms with Crippen molar-refractivity contribution in [1.29, 1.82) is 0 Å². The van der Waals surface area contributed by atoms with E-state index >= 15 is 0 Å². The summed E-state index contributed by atoms with van der Waals surface area (Å²) in [4.78, 5) is 23.7. The first-order chi connectivity index (χ1) is 11.1. The van der Waals surface area contributed by atoms with Gasteiger partial charge in [-0.3, -0.25) is 9.59 Å². The van der Waals surface area contributed by atoms with Crippen molar-refractivity contribution in [1.82, 2.24) is 9.88 Å². The fraction of sp³-hybridized carbons (Fsp3) is 0.444. The zero-order valence-corrected chi connectivity index (χ0v) is 13.6. The molecule has 2 amide bonds. The lowest BCUT2D eigenvalue weighted by molar-refractivity contribution is -0.122. The Bertz CT molecular complexity index is 735. The standard InChI is InChI=1S/C18H23N3O2/c1-3-21-9-7-13-11-14(4-5-16(13)21)20-17(22)6-8-19-18(23)15-10-12(15)2/h4-5,7,9,11-12,15H,3,6,8,10H2,1-2H3,(H,19,23)(H,20,22)/t12-,15-/m1/s1. The highest BCUT2D eigenvalue weighted by atomic mass is 16.2. The lowest BCUT2D eigenvalue weighted by atomic mass is 10.2. The lowest BCUT2D eigenvalue weighted by Gasteiger charge is -2.07. The summed E-state index contributed by atoms with van der Waals surface area (Å²) in [5.74, 6) is 0.644. The van der Waals surface area contributed by atoms with Crippen molar-refractivity contribution in [2.24, 2.45) is 11.8 Å². The van der Waals surface area contributed by atoms with Gasteiger partial charge in [0.2, 0.25) is 11.8 Å². The van der Waals surface area contributed by atoms with Gasteiger partial charge < -0.3 is 15.2 Å². The molecular formula is C18H23N3O2. The van der Waals surface area contributed by atoms with Gasteiger partial charge in [0.1, 0.15) is 0 Å². The average Bonchev–Trinajstić information content (AvgIpc) is 3.12. The third-order valence-corrected chi connectivity index (χ3v) is 4.49. The smallest absolute Gasteiger partial charge is 0.226 e. The van der Waals surface area contributed by atoms with Crippen LogP contribution in [0.4, 0.5) is 5.69 Å². The molecule has 0 spiro atoms. The van der Waals surface area contributed by atoms with E-state index in [0.29, 0.717) is 18.9 Å². The predicted octanol–water partition coefficient (Wildman–Crippen LogP) is 2.76. The number of hydrogen-bond acceptors (Lipinski definition) is 2. The highest BCUT2D eigenvalue weighted by molar-refractivity contribution is 5.94. The van der Waals surface area contributed by atoms with Crippen LogP contribution in [0.5, 0.6) is 0 Å². The Hall–Kier alpha value is -2.30. The van der Waals surface area contributed by atoms with Gasteiger partial charge in [0.25, 0.3) is 0 Å². The summed E-state index contributed by atoms with van der Waals surface area (Å²) >= 11 is 0. The van der Waals surface area contributed by atoms with Crippen LogP contribution in [0.25, 0.3) is 10.9 Å². The Morgan fingerprint density at radius 2 is 2.09 bits per heavy atom. The fourth-order valence-electron chi connectivity index (χ4n) is 2.89. The van der Waals surface area contributed by atoms with E-state index in [1.165, 1.54) is 0 Å². The number of benzene rings is 1. The van der Waals surface area contributed by atoms with E-state index in [-0.39, 0.29) is 17.7 Å². The third-order valence-electron chi connectivity index (χ3n) is 4.49. The van der Waals surface area contributed by atoms with Crippen molar-refractivity contribution in [3.05, 3.63) is 30.5 Å². The molecule has 1 aromatic heterocycles. The van der Waals surface area contributed by atoms with E-state index in [4.69, 9.17) is 0 Å². The van der Waals surface area contributed by atoms with Crippen molar-refractivity contribution in [3.8, 4) is 0 Å². The fourth-order valence-corrected chi connectivity index (χ4v) is 2.89. The normalized spacial score (nSPS) is 19.6. The molecule has 0 bridgehead atoms. The van der Waals surface area contributed by atoms with Crippen LogP contribution in [0, 0.1) is 11.8 Å². The summed E-state index contributed by atoms with van der Waals surface area (Å²) in [7, 11) is 0. The highest BCUT2D eigenvalue weighted by Gasteiger charge is 2.38. The molecule has 0 unspecified atom stereocenters. The van der Waals surface area contributed by atoms with E-state index in [0.717, 1.165) is 29.6 Å². The molecule has 1 aliphatic rings.